The predicted molar refractivity (Wildman–Crippen MR) is 125 cm³/mol. The van der Waals surface area contributed by atoms with Crippen molar-refractivity contribution in [1.82, 2.24) is 9.80 Å². The minimum atomic E-state index is -0.160. The lowest BCUT2D eigenvalue weighted by Gasteiger charge is -2.47. The lowest BCUT2D eigenvalue weighted by molar-refractivity contribution is -0.00802. The van der Waals surface area contributed by atoms with E-state index in [2.05, 4.69) is 30.9 Å². The number of piperidine rings is 1. The number of carbonyl (C=O) groups is 1. The summed E-state index contributed by atoms with van der Waals surface area (Å²) in [5.74, 6) is 3.10. The molecule has 5 rings (SSSR count). The third-order valence-electron chi connectivity index (χ3n) is 8.11. The monoisotopic (exact) mass is 458 g/mol. The van der Waals surface area contributed by atoms with Crippen LogP contribution in [0.25, 0.3) is 0 Å². The lowest BCUT2D eigenvalue weighted by Crippen LogP contribution is -2.48. The van der Waals surface area contributed by atoms with Crippen molar-refractivity contribution in [2.75, 3.05) is 47.1 Å². The van der Waals surface area contributed by atoms with E-state index < -0.39 is 0 Å². The van der Waals surface area contributed by atoms with Crippen molar-refractivity contribution in [3.8, 4) is 11.5 Å². The highest BCUT2D eigenvalue weighted by Gasteiger charge is 2.44. The molecule has 7 nitrogen and oxygen atoms in total. The Hall–Kier alpha value is -1.99. The Balaban J connectivity index is 1.32. The molecule has 7 heteroatoms. The second kappa shape index (κ2) is 9.34. The Kier molecular flexibility index (Phi) is 6.45. The maximum absolute atomic E-state index is 12.8. The van der Waals surface area contributed by atoms with Gasteiger partial charge in [-0.2, -0.15) is 0 Å². The summed E-state index contributed by atoms with van der Waals surface area (Å²) in [7, 11) is 3.39. The lowest BCUT2D eigenvalue weighted by atomic mass is 9.74. The number of fused-ring (bicyclic) bond motifs is 5. The molecule has 0 radical (unpaired) electrons. The smallest absolute Gasteiger partial charge is 0.410 e. The molecule has 0 spiro atoms. The van der Waals surface area contributed by atoms with E-state index in [-0.39, 0.29) is 18.2 Å². The summed E-state index contributed by atoms with van der Waals surface area (Å²) < 4.78 is 22.7. The van der Waals surface area contributed by atoms with E-state index >= 15 is 0 Å². The number of hydrogen-bond acceptors (Lipinski definition) is 6. The molecule has 0 aliphatic carbocycles. The summed E-state index contributed by atoms with van der Waals surface area (Å²) in [6.07, 6.45) is 4.18. The van der Waals surface area contributed by atoms with Crippen molar-refractivity contribution in [3.63, 3.8) is 0 Å². The van der Waals surface area contributed by atoms with Gasteiger partial charge in [-0.25, -0.2) is 4.79 Å². The largest absolute Gasteiger partial charge is 0.493 e. The molecule has 3 saturated heterocycles. The molecule has 2 bridgehead atoms. The van der Waals surface area contributed by atoms with E-state index in [1.807, 2.05) is 4.90 Å². The highest BCUT2D eigenvalue weighted by molar-refractivity contribution is 5.68. The third kappa shape index (κ3) is 4.42. The molecular weight excluding hydrogens is 420 g/mol. The maximum atomic E-state index is 12.8. The standard InChI is InChI=1S/C26H38N2O5/c1-16(2)7-18-12-27-6-5-17-9-24(30-3)25(31-4)11-22(17)23(27)8-19(18)14-33-26(29)28-13-21-10-20(28)15-32-21/h9,11,16,18-21,23H,5-8,10,12-15H2,1-4H3/t18-,19+,20+,21+,23-/m1/s1. The fourth-order valence-corrected chi connectivity index (χ4v) is 6.47. The molecule has 4 aliphatic rings. The number of morpholine rings is 1. The van der Waals surface area contributed by atoms with Gasteiger partial charge < -0.3 is 23.8 Å². The summed E-state index contributed by atoms with van der Waals surface area (Å²) >= 11 is 0. The molecule has 0 N–H and O–H groups in total. The first-order chi connectivity index (χ1) is 16.0. The van der Waals surface area contributed by atoms with Gasteiger partial charge in [-0.05, 0) is 66.7 Å². The number of nitrogens with zero attached hydrogens (tertiary/aromatic N) is 2. The van der Waals surface area contributed by atoms with Gasteiger partial charge in [0.2, 0.25) is 0 Å². The summed E-state index contributed by atoms with van der Waals surface area (Å²) in [5, 5.41) is 0. The van der Waals surface area contributed by atoms with Crippen LogP contribution >= 0.6 is 0 Å². The number of hydrogen-bond donors (Lipinski definition) is 0. The van der Waals surface area contributed by atoms with E-state index in [4.69, 9.17) is 18.9 Å². The van der Waals surface area contributed by atoms with Gasteiger partial charge in [-0.15, -0.1) is 0 Å². The average molecular weight is 459 g/mol. The summed E-state index contributed by atoms with van der Waals surface area (Å²) in [5.41, 5.74) is 2.69. The van der Waals surface area contributed by atoms with Crippen LogP contribution in [0.15, 0.2) is 12.1 Å². The highest BCUT2D eigenvalue weighted by Crippen LogP contribution is 2.45. The Morgan fingerprint density at radius 3 is 2.58 bits per heavy atom. The van der Waals surface area contributed by atoms with Gasteiger partial charge in [0, 0.05) is 19.1 Å². The van der Waals surface area contributed by atoms with Gasteiger partial charge in [0.15, 0.2) is 11.5 Å². The molecule has 0 saturated carbocycles. The van der Waals surface area contributed by atoms with Crippen LogP contribution in [0.5, 0.6) is 11.5 Å². The maximum Gasteiger partial charge on any atom is 0.410 e. The van der Waals surface area contributed by atoms with Crippen LogP contribution in [0.4, 0.5) is 4.79 Å². The van der Waals surface area contributed by atoms with Crippen LogP contribution in [-0.4, -0.2) is 75.1 Å². The molecule has 182 valence electrons. The van der Waals surface area contributed by atoms with Crippen molar-refractivity contribution in [2.24, 2.45) is 17.8 Å². The quantitative estimate of drug-likeness (QED) is 0.645. The number of likely N-dealkylation sites (tertiary alicyclic amines) is 1. The Labute approximate surface area is 197 Å². The fourth-order valence-electron chi connectivity index (χ4n) is 6.47. The first-order valence-electron chi connectivity index (χ1n) is 12.5. The summed E-state index contributed by atoms with van der Waals surface area (Å²) in [6, 6.07) is 4.84. The fraction of sp³-hybridized carbons (Fsp3) is 0.731. The summed E-state index contributed by atoms with van der Waals surface area (Å²) in [6.45, 7) is 8.52. The SMILES string of the molecule is COc1cc2c(cc1OC)[C@H]1C[C@@H](COC(=O)N3C[C@@H]4C[C@H]3CO4)[C@H](CC(C)C)CN1CC2. The van der Waals surface area contributed by atoms with E-state index in [9.17, 15) is 4.79 Å². The van der Waals surface area contributed by atoms with Crippen molar-refractivity contribution >= 4 is 6.09 Å². The molecule has 4 aliphatic heterocycles. The molecule has 3 fully saturated rings. The van der Waals surface area contributed by atoms with Gasteiger partial charge >= 0.3 is 6.09 Å². The van der Waals surface area contributed by atoms with Gasteiger partial charge in [0.25, 0.3) is 0 Å². The molecule has 0 unspecified atom stereocenters. The van der Waals surface area contributed by atoms with Crippen molar-refractivity contribution in [2.45, 2.75) is 57.7 Å². The minimum absolute atomic E-state index is 0.160. The van der Waals surface area contributed by atoms with Crippen LogP contribution in [0.1, 0.15) is 50.3 Å². The number of ether oxygens (including phenoxy) is 4. The Bertz CT molecular complexity index is 874. The molecule has 1 aromatic rings. The van der Waals surface area contributed by atoms with Crippen LogP contribution in [0, 0.1) is 17.8 Å². The molecule has 4 heterocycles. The van der Waals surface area contributed by atoms with Crippen LogP contribution in [0.3, 0.4) is 0 Å². The van der Waals surface area contributed by atoms with Crippen LogP contribution in [0.2, 0.25) is 0 Å². The van der Waals surface area contributed by atoms with E-state index in [1.54, 1.807) is 14.2 Å². The second-order valence-corrected chi connectivity index (χ2v) is 10.6. The topological polar surface area (TPSA) is 60.5 Å². The zero-order valence-corrected chi connectivity index (χ0v) is 20.4. The minimum Gasteiger partial charge on any atom is -0.493 e. The second-order valence-electron chi connectivity index (χ2n) is 10.6. The van der Waals surface area contributed by atoms with E-state index in [0.717, 1.165) is 50.3 Å². The number of rotatable bonds is 6. The number of carbonyl (C=O) groups excluding carboxylic acids is 1. The zero-order chi connectivity index (χ0) is 23.1. The number of benzene rings is 1. The molecular formula is C26H38N2O5. The molecule has 5 atom stereocenters. The zero-order valence-electron chi connectivity index (χ0n) is 20.4. The molecule has 0 aromatic heterocycles. The van der Waals surface area contributed by atoms with E-state index in [1.165, 1.54) is 11.1 Å². The van der Waals surface area contributed by atoms with Crippen molar-refractivity contribution < 1.29 is 23.7 Å². The Morgan fingerprint density at radius 2 is 1.91 bits per heavy atom. The third-order valence-corrected chi connectivity index (χ3v) is 8.11. The van der Waals surface area contributed by atoms with Gasteiger partial charge in [0.1, 0.15) is 0 Å². The highest BCUT2D eigenvalue weighted by atomic mass is 16.6. The molecule has 33 heavy (non-hydrogen) atoms. The van der Waals surface area contributed by atoms with Gasteiger partial charge in [0.05, 0.1) is 46.1 Å². The summed E-state index contributed by atoms with van der Waals surface area (Å²) in [4.78, 5) is 17.4. The predicted octanol–water partition coefficient (Wildman–Crippen LogP) is 3.89. The van der Waals surface area contributed by atoms with Crippen LogP contribution < -0.4 is 9.47 Å². The van der Waals surface area contributed by atoms with E-state index in [0.29, 0.717) is 43.6 Å². The van der Waals surface area contributed by atoms with Crippen LogP contribution in [-0.2, 0) is 15.9 Å². The first-order valence-corrected chi connectivity index (χ1v) is 12.5. The normalized spacial score (nSPS) is 30.8. The van der Waals surface area contributed by atoms with Crippen molar-refractivity contribution in [1.29, 1.82) is 0 Å². The average Bonchev–Trinajstić information content (AvgIpc) is 3.45. The number of methoxy groups -OCH3 is 2. The van der Waals surface area contributed by atoms with Gasteiger partial charge in [-0.1, -0.05) is 13.8 Å². The van der Waals surface area contributed by atoms with Gasteiger partial charge in [-0.3, -0.25) is 4.90 Å². The Morgan fingerprint density at radius 1 is 1.12 bits per heavy atom. The molecule has 1 amide bonds. The first kappa shape index (κ1) is 22.8. The number of amides is 1. The molecule has 1 aromatic carbocycles. The van der Waals surface area contributed by atoms with Crippen molar-refractivity contribution in [3.05, 3.63) is 23.3 Å².